The number of halogens is 1. The molecular weight excluding hydrogens is 295 g/mol. The molecule has 1 N–H and O–H groups in total. The molecule has 0 atom stereocenters. The van der Waals surface area contributed by atoms with Gasteiger partial charge in [-0.3, -0.25) is 4.79 Å². The molecule has 1 fully saturated rings. The summed E-state index contributed by atoms with van der Waals surface area (Å²) in [7, 11) is 0. The van der Waals surface area contributed by atoms with Gasteiger partial charge in [-0.2, -0.15) is 0 Å². The van der Waals surface area contributed by atoms with Gasteiger partial charge in [-0.05, 0) is 55.0 Å². The van der Waals surface area contributed by atoms with E-state index in [1.165, 1.54) is 18.2 Å². The number of phenols is 1. The molecule has 1 aliphatic heterocycles. The number of piperazine rings is 1. The molecule has 1 saturated heterocycles. The minimum absolute atomic E-state index is 0.0669. The van der Waals surface area contributed by atoms with Crippen LogP contribution in [0, 0.1) is 12.7 Å². The number of benzene rings is 2. The Morgan fingerprint density at radius 3 is 2.30 bits per heavy atom. The van der Waals surface area contributed by atoms with Crippen LogP contribution in [0.4, 0.5) is 10.1 Å². The molecule has 4 nitrogen and oxygen atoms in total. The van der Waals surface area contributed by atoms with Crippen LogP contribution in [0.3, 0.4) is 0 Å². The van der Waals surface area contributed by atoms with Gasteiger partial charge in [0.05, 0.1) is 0 Å². The van der Waals surface area contributed by atoms with Gasteiger partial charge >= 0.3 is 0 Å². The monoisotopic (exact) mass is 314 g/mol. The predicted molar refractivity (Wildman–Crippen MR) is 87.4 cm³/mol. The third-order valence-electron chi connectivity index (χ3n) is 4.07. The smallest absolute Gasteiger partial charge is 0.254 e. The summed E-state index contributed by atoms with van der Waals surface area (Å²) in [6.45, 7) is 4.46. The first-order chi connectivity index (χ1) is 11.0. The number of aryl methyl sites for hydroxylation is 1. The highest BCUT2D eigenvalue weighted by Gasteiger charge is 2.22. The number of aromatic hydroxyl groups is 1. The first kappa shape index (κ1) is 15.3. The van der Waals surface area contributed by atoms with Crippen molar-refractivity contribution >= 4 is 11.6 Å². The first-order valence-electron chi connectivity index (χ1n) is 7.63. The summed E-state index contributed by atoms with van der Waals surface area (Å²) in [4.78, 5) is 16.5. The van der Waals surface area contributed by atoms with Crippen LogP contribution in [0.25, 0.3) is 0 Å². The molecule has 5 heteroatoms. The van der Waals surface area contributed by atoms with E-state index in [9.17, 15) is 14.3 Å². The molecule has 2 aromatic carbocycles. The standard InChI is InChI=1S/C18H19FN2O2/c1-13-10-14(12-17(22)11-13)18(23)21-8-6-20(7-9-21)16-4-2-15(19)3-5-16/h2-5,10-12,22H,6-9H2,1H3. The lowest BCUT2D eigenvalue weighted by atomic mass is 10.1. The molecule has 1 heterocycles. The number of nitrogens with zero attached hydrogens (tertiary/aromatic N) is 2. The second kappa shape index (κ2) is 6.28. The van der Waals surface area contributed by atoms with Crippen molar-refractivity contribution in [3.05, 3.63) is 59.4 Å². The molecule has 23 heavy (non-hydrogen) atoms. The molecule has 2 aromatic rings. The van der Waals surface area contributed by atoms with Crippen molar-refractivity contribution in [3.63, 3.8) is 0 Å². The zero-order valence-corrected chi connectivity index (χ0v) is 13.0. The minimum atomic E-state index is -0.248. The quantitative estimate of drug-likeness (QED) is 0.927. The fourth-order valence-corrected chi connectivity index (χ4v) is 2.89. The van der Waals surface area contributed by atoms with E-state index in [0.29, 0.717) is 31.7 Å². The van der Waals surface area contributed by atoms with Crippen LogP contribution in [0.2, 0.25) is 0 Å². The van der Waals surface area contributed by atoms with Crippen molar-refractivity contribution in [1.29, 1.82) is 0 Å². The van der Waals surface area contributed by atoms with E-state index >= 15 is 0 Å². The zero-order valence-electron chi connectivity index (χ0n) is 13.0. The van der Waals surface area contributed by atoms with E-state index in [2.05, 4.69) is 4.90 Å². The molecular formula is C18H19FN2O2. The van der Waals surface area contributed by atoms with E-state index in [1.54, 1.807) is 29.2 Å². The molecule has 1 aliphatic rings. The number of phenolic OH excluding ortho intramolecular Hbond substituents is 1. The maximum atomic E-state index is 13.0. The Hall–Kier alpha value is -2.56. The van der Waals surface area contributed by atoms with Crippen LogP contribution in [0.15, 0.2) is 42.5 Å². The largest absolute Gasteiger partial charge is 0.508 e. The van der Waals surface area contributed by atoms with E-state index in [0.717, 1.165) is 11.3 Å². The molecule has 1 amide bonds. The van der Waals surface area contributed by atoms with Crippen LogP contribution in [0.1, 0.15) is 15.9 Å². The van der Waals surface area contributed by atoms with E-state index < -0.39 is 0 Å². The molecule has 0 aliphatic carbocycles. The number of amides is 1. The minimum Gasteiger partial charge on any atom is -0.508 e. The van der Waals surface area contributed by atoms with Crippen molar-refractivity contribution in [3.8, 4) is 5.75 Å². The first-order valence-corrected chi connectivity index (χ1v) is 7.63. The van der Waals surface area contributed by atoms with Crippen LogP contribution >= 0.6 is 0 Å². The number of anilines is 1. The summed E-state index contributed by atoms with van der Waals surface area (Å²) in [5.74, 6) is -0.206. The second-order valence-corrected chi connectivity index (χ2v) is 5.81. The van der Waals surface area contributed by atoms with Gasteiger partial charge in [0.25, 0.3) is 5.91 Å². The number of hydrogen-bond donors (Lipinski definition) is 1. The fourth-order valence-electron chi connectivity index (χ4n) is 2.89. The summed E-state index contributed by atoms with van der Waals surface area (Å²) in [5.41, 5.74) is 2.34. The maximum absolute atomic E-state index is 13.0. The number of carbonyl (C=O) groups excluding carboxylic acids is 1. The molecule has 0 radical (unpaired) electrons. The van der Waals surface area contributed by atoms with E-state index in [4.69, 9.17) is 0 Å². The van der Waals surface area contributed by atoms with Gasteiger partial charge in [0.15, 0.2) is 0 Å². The van der Waals surface area contributed by atoms with Crippen molar-refractivity contribution < 1.29 is 14.3 Å². The summed E-state index contributed by atoms with van der Waals surface area (Å²) >= 11 is 0. The van der Waals surface area contributed by atoms with E-state index in [-0.39, 0.29) is 17.5 Å². The summed E-state index contributed by atoms with van der Waals surface area (Å²) in [6, 6.07) is 11.3. The molecule has 3 rings (SSSR count). The van der Waals surface area contributed by atoms with Crippen molar-refractivity contribution in [2.75, 3.05) is 31.1 Å². The van der Waals surface area contributed by atoms with Crippen molar-refractivity contribution in [2.45, 2.75) is 6.92 Å². The maximum Gasteiger partial charge on any atom is 0.254 e. The number of carbonyl (C=O) groups is 1. The zero-order chi connectivity index (χ0) is 16.4. The Morgan fingerprint density at radius 1 is 1.04 bits per heavy atom. The SMILES string of the molecule is Cc1cc(O)cc(C(=O)N2CCN(c3ccc(F)cc3)CC2)c1. The Bertz CT molecular complexity index is 687. The molecule has 0 unspecified atom stereocenters. The van der Waals surface area contributed by atoms with Crippen molar-refractivity contribution in [1.82, 2.24) is 4.90 Å². The fraction of sp³-hybridized carbons (Fsp3) is 0.278. The Balaban J connectivity index is 1.66. The molecule has 0 spiro atoms. The van der Waals surface area contributed by atoms with Crippen LogP contribution in [-0.2, 0) is 0 Å². The van der Waals surface area contributed by atoms with Gasteiger partial charge in [0, 0.05) is 37.4 Å². The average Bonchev–Trinajstić information content (AvgIpc) is 2.54. The van der Waals surface area contributed by atoms with Crippen molar-refractivity contribution in [2.24, 2.45) is 0 Å². The van der Waals surface area contributed by atoms with E-state index in [1.807, 2.05) is 6.92 Å². The Labute approximate surface area is 134 Å². The van der Waals surface area contributed by atoms with Gasteiger partial charge in [0.2, 0.25) is 0 Å². The molecule has 0 saturated carbocycles. The highest BCUT2D eigenvalue weighted by molar-refractivity contribution is 5.95. The lowest BCUT2D eigenvalue weighted by Crippen LogP contribution is -2.48. The second-order valence-electron chi connectivity index (χ2n) is 5.81. The lowest BCUT2D eigenvalue weighted by molar-refractivity contribution is 0.0746. The molecule has 0 bridgehead atoms. The lowest BCUT2D eigenvalue weighted by Gasteiger charge is -2.36. The molecule has 120 valence electrons. The third kappa shape index (κ3) is 3.44. The Kier molecular flexibility index (Phi) is 4.19. The number of rotatable bonds is 2. The van der Waals surface area contributed by atoms with Gasteiger partial charge in [-0.1, -0.05) is 0 Å². The normalized spacial score (nSPS) is 14.9. The third-order valence-corrected chi connectivity index (χ3v) is 4.07. The highest BCUT2D eigenvalue weighted by atomic mass is 19.1. The van der Waals surface area contributed by atoms with Gasteiger partial charge in [-0.15, -0.1) is 0 Å². The summed E-state index contributed by atoms with van der Waals surface area (Å²) < 4.78 is 13.0. The topological polar surface area (TPSA) is 43.8 Å². The summed E-state index contributed by atoms with van der Waals surface area (Å²) in [6.07, 6.45) is 0. The summed E-state index contributed by atoms with van der Waals surface area (Å²) in [5, 5.41) is 9.64. The highest BCUT2D eigenvalue weighted by Crippen LogP contribution is 2.20. The molecule has 0 aromatic heterocycles. The van der Waals surface area contributed by atoms with Crippen LogP contribution in [-0.4, -0.2) is 42.1 Å². The van der Waals surface area contributed by atoms with Gasteiger partial charge in [0.1, 0.15) is 11.6 Å². The van der Waals surface area contributed by atoms with Crippen LogP contribution in [0.5, 0.6) is 5.75 Å². The Morgan fingerprint density at radius 2 is 1.70 bits per heavy atom. The van der Waals surface area contributed by atoms with Crippen LogP contribution < -0.4 is 4.90 Å². The number of hydrogen-bond acceptors (Lipinski definition) is 3. The van der Waals surface area contributed by atoms with Gasteiger partial charge in [-0.25, -0.2) is 4.39 Å². The predicted octanol–water partition coefficient (Wildman–Crippen LogP) is 2.80. The van der Waals surface area contributed by atoms with Gasteiger partial charge < -0.3 is 14.9 Å². The average molecular weight is 314 g/mol.